The highest BCUT2D eigenvalue weighted by Crippen LogP contribution is 2.46. The van der Waals surface area contributed by atoms with Crippen molar-refractivity contribution in [1.82, 2.24) is 9.88 Å². The van der Waals surface area contributed by atoms with Gasteiger partial charge in [-0.25, -0.2) is 0 Å². The number of carbonyl (C=O) groups is 1. The summed E-state index contributed by atoms with van der Waals surface area (Å²) in [5, 5.41) is 0. The number of aryl methyl sites for hydroxylation is 1. The van der Waals surface area contributed by atoms with E-state index < -0.39 is 0 Å². The zero-order valence-corrected chi connectivity index (χ0v) is 15.1. The fourth-order valence-electron chi connectivity index (χ4n) is 3.32. The number of thioether (sulfide) groups is 1. The summed E-state index contributed by atoms with van der Waals surface area (Å²) in [6.45, 7) is 8.57. The first-order valence-electron chi connectivity index (χ1n) is 8.42. The maximum atomic E-state index is 12.1. The van der Waals surface area contributed by atoms with Gasteiger partial charge in [0, 0.05) is 31.0 Å². The largest absolute Gasteiger partial charge is 0.371 e. The topological polar surface area (TPSA) is 42.4 Å². The molecule has 2 saturated heterocycles. The second-order valence-electron chi connectivity index (χ2n) is 7.25. The Morgan fingerprint density at radius 2 is 2.26 bits per heavy atom. The lowest BCUT2D eigenvalue weighted by Crippen LogP contribution is -2.60. The molecule has 5 heteroatoms. The molecule has 126 valence electrons. The van der Waals surface area contributed by atoms with Crippen molar-refractivity contribution in [3.05, 3.63) is 29.6 Å². The number of rotatable bonds is 5. The first-order valence-corrected chi connectivity index (χ1v) is 9.40. The lowest BCUT2D eigenvalue weighted by molar-refractivity contribution is -0.137. The number of hydrogen-bond acceptors (Lipinski definition) is 4. The molecule has 0 aromatic carbocycles. The third-order valence-electron chi connectivity index (χ3n) is 4.48. The molecule has 0 unspecified atom stereocenters. The Hall–Kier alpha value is -1.07. The summed E-state index contributed by atoms with van der Waals surface area (Å²) in [6, 6.07) is 6.04. The minimum absolute atomic E-state index is 0.247. The van der Waals surface area contributed by atoms with Crippen LogP contribution in [0.15, 0.2) is 18.2 Å². The second kappa shape index (κ2) is 6.81. The molecule has 0 saturated carbocycles. The van der Waals surface area contributed by atoms with Gasteiger partial charge in [0.2, 0.25) is 5.91 Å². The Labute approximate surface area is 143 Å². The van der Waals surface area contributed by atoms with E-state index in [-0.39, 0.29) is 10.9 Å². The van der Waals surface area contributed by atoms with Gasteiger partial charge in [-0.3, -0.25) is 9.78 Å². The smallest absolute Gasteiger partial charge is 0.222 e. The second-order valence-corrected chi connectivity index (χ2v) is 8.74. The van der Waals surface area contributed by atoms with Gasteiger partial charge in [0.15, 0.2) is 0 Å². The fraction of sp³-hybridized carbons (Fsp3) is 0.667. The van der Waals surface area contributed by atoms with Crippen LogP contribution < -0.4 is 0 Å². The summed E-state index contributed by atoms with van der Waals surface area (Å²) in [4.78, 5) is 18.6. The predicted molar refractivity (Wildman–Crippen MR) is 93.4 cm³/mol. The van der Waals surface area contributed by atoms with Gasteiger partial charge in [0.25, 0.3) is 0 Å². The molecule has 1 aromatic rings. The van der Waals surface area contributed by atoms with Crippen molar-refractivity contribution in [2.75, 3.05) is 18.8 Å². The number of nitrogens with zero attached hydrogens (tertiary/aromatic N) is 2. The van der Waals surface area contributed by atoms with Crippen LogP contribution in [0.25, 0.3) is 0 Å². The summed E-state index contributed by atoms with van der Waals surface area (Å²) in [7, 11) is 0. The van der Waals surface area contributed by atoms with Crippen molar-refractivity contribution in [2.24, 2.45) is 5.92 Å². The van der Waals surface area contributed by atoms with E-state index in [9.17, 15) is 4.79 Å². The summed E-state index contributed by atoms with van der Waals surface area (Å²) in [5.41, 5.74) is 2.03. The molecule has 1 spiro atoms. The van der Waals surface area contributed by atoms with Crippen LogP contribution in [-0.4, -0.2) is 45.5 Å². The Morgan fingerprint density at radius 1 is 1.48 bits per heavy atom. The maximum Gasteiger partial charge on any atom is 0.222 e. The maximum absolute atomic E-state index is 12.1. The summed E-state index contributed by atoms with van der Waals surface area (Å²) < 4.78 is 6.30. The quantitative estimate of drug-likeness (QED) is 0.830. The number of hydrogen-bond donors (Lipinski definition) is 0. The highest BCUT2D eigenvalue weighted by atomic mass is 32.2. The average Bonchev–Trinajstić information content (AvgIpc) is 2.87. The Bertz CT molecular complexity index is 570. The highest BCUT2D eigenvalue weighted by molar-refractivity contribution is 8.01. The van der Waals surface area contributed by atoms with E-state index in [2.05, 4.69) is 18.8 Å². The molecule has 1 amide bonds. The van der Waals surface area contributed by atoms with Crippen LogP contribution in [0.4, 0.5) is 0 Å². The van der Waals surface area contributed by atoms with E-state index in [0.29, 0.717) is 24.9 Å². The van der Waals surface area contributed by atoms with Crippen LogP contribution in [0, 0.1) is 12.8 Å². The summed E-state index contributed by atoms with van der Waals surface area (Å²) in [6.07, 6.45) is 2.00. The first-order chi connectivity index (χ1) is 11.0. The van der Waals surface area contributed by atoms with Crippen LogP contribution in [-0.2, 0) is 16.1 Å². The Kier molecular flexibility index (Phi) is 4.97. The van der Waals surface area contributed by atoms with Crippen LogP contribution in [0.1, 0.15) is 38.1 Å². The zero-order chi connectivity index (χ0) is 16.4. The van der Waals surface area contributed by atoms with Crippen LogP contribution >= 0.6 is 11.8 Å². The van der Waals surface area contributed by atoms with Gasteiger partial charge >= 0.3 is 0 Å². The molecule has 1 aromatic heterocycles. The van der Waals surface area contributed by atoms with Crippen LogP contribution in [0.2, 0.25) is 0 Å². The minimum atomic E-state index is 0.247. The van der Waals surface area contributed by atoms with E-state index in [4.69, 9.17) is 4.74 Å². The van der Waals surface area contributed by atoms with Gasteiger partial charge < -0.3 is 9.64 Å². The molecule has 23 heavy (non-hydrogen) atoms. The number of likely N-dealkylation sites (tertiary alicyclic amines) is 1. The van der Waals surface area contributed by atoms with Crippen molar-refractivity contribution in [3.8, 4) is 0 Å². The fourth-order valence-corrected chi connectivity index (χ4v) is 4.87. The Balaban J connectivity index is 1.44. The summed E-state index contributed by atoms with van der Waals surface area (Å²) >= 11 is 1.98. The van der Waals surface area contributed by atoms with Gasteiger partial charge in [-0.05, 0) is 31.4 Å². The lowest BCUT2D eigenvalue weighted by atomic mass is 9.92. The molecular weight excluding hydrogens is 308 g/mol. The molecule has 0 radical (unpaired) electrons. The third kappa shape index (κ3) is 4.07. The molecule has 2 fully saturated rings. The van der Waals surface area contributed by atoms with Gasteiger partial charge in [-0.1, -0.05) is 19.9 Å². The summed E-state index contributed by atoms with van der Waals surface area (Å²) in [5.74, 6) is 1.77. The van der Waals surface area contributed by atoms with E-state index in [0.717, 1.165) is 36.7 Å². The molecule has 1 atom stereocenters. The molecule has 2 aliphatic heterocycles. The van der Waals surface area contributed by atoms with Crippen molar-refractivity contribution in [1.29, 1.82) is 0 Å². The monoisotopic (exact) mass is 334 g/mol. The van der Waals surface area contributed by atoms with Crippen molar-refractivity contribution in [3.63, 3.8) is 0 Å². The number of amides is 1. The van der Waals surface area contributed by atoms with E-state index in [1.54, 1.807) is 0 Å². The molecule has 2 aliphatic rings. The SMILES string of the molecule is Cc1cccc(CO[C@H]2CSC3(C2)CN(C(=O)CC(C)C)C3)n1. The number of ether oxygens (including phenoxy) is 1. The van der Waals surface area contributed by atoms with Gasteiger partial charge in [0.05, 0.1) is 23.2 Å². The molecular formula is C18H26N2O2S. The first kappa shape index (κ1) is 16.8. The number of carbonyl (C=O) groups excluding carboxylic acids is 1. The highest BCUT2D eigenvalue weighted by Gasteiger charge is 2.50. The normalized spacial score (nSPS) is 22.6. The Morgan fingerprint density at radius 3 is 2.96 bits per heavy atom. The van der Waals surface area contributed by atoms with Gasteiger partial charge in [0.1, 0.15) is 0 Å². The third-order valence-corrected chi connectivity index (χ3v) is 6.06. The van der Waals surface area contributed by atoms with Crippen molar-refractivity contribution in [2.45, 2.75) is 51.1 Å². The number of aromatic nitrogens is 1. The standard InChI is InChI=1S/C18H26N2O2S/c1-13(2)7-17(21)20-11-18(12-20)8-16(10-23-18)22-9-15-6-4-5-14(3)19-15/h4-6,13,16H,7-12H2,1-3H3/t16-/m1/s1. The van der Waals surface area contributed by atoms with Gasteiger partial charge in [-0.2, -0.15) is 0 Å². The molecule has 0 N–H and O–H groups in total. The van der Waals surface area contributed by atoms with Crippen molar-refractivity contribution < 1.29 is 9.53 Å². The lowest BCUT2D eigenvalue weighted by Gasteiger charge is -2.47. The van der Waals surface area contributed by atoms with E-state index >= 15 is 0 Å². The molecule has 0 aliphatic carbocycles. The zero-order valence-electron chi connectivity index (χ0n) is 14.2. The molecule has 4 nitrogen and oxygen atoms in total. The molecule has 3 rings (SSSR count). The average molecular weight is 334 g/mol. The number of pyridine rings is 1. The predicted octanol–water partition coefficient (Wildman–Crippen LogP) is 3.04. The van der Waals surface area contributed by atoms with Crippen LogP contribution in [0.3, 0.4) is 0 Å². The van der Waals surface area contributed by atoms with Crippen molar-refractivity contribution >= 4 is 17.7 Å². The van der Waals surface area contributed by atoms with Gasteiger partial charge in [-0.15, -0.1) is 11.8 Å². The molecule has 0 bridgehead atoms. The van der Waals surface area contributed by atoms with E-state index in [1.165, 1.54) is 0 Å². The molecule has 3 heterocycles. The minimum Gasteiger partial charge on any atom is -0.371 e. The van der Waals surface area contributed by atoms with E-state index in [1.807, 2.05) is 41.8 Å². The van der Waals surface area contributed by atoms with Crippen LogP contribution in [0.5, 0.6) is 0 Å².